The van der Waals surface area contributed by atoms with Crippen LogP contribution in [0, 0.1) is 0 Å². The Kier molecular flexibility index (Phi) is 6.50. The van der Waals surface area contributed by atoms with Crippen molar-refractivity contribution in [1.82, 2.24) is 20.1 Å². The SMILES string of the molecule is CC1=C(C(=O)NCc2ccccc2)[C@@H](c2ccccc2OCc2ccccc2Cl)n2ncnc2N1. The predicted molar refractivity (Wildman–Crippen MR) is 135 cm³/mol. The van der Waals surface area contributed by atoms with Crippen LogP contribution in [0.25, 0.3) is 0 Å². The van der Waals surface area contributed by atoms with E-state index >= 15 is 0 Å². The highest BCUT2D eigenvalue weighted by atomic mass is 35.5. The number of nitrogens with one attached hydrogen (secondary N) is 2. The molecule has 0 spiro atoms. The molecule has 2 N–H and O–H groups in total. The lowest BCUT2D eigenvalue weighted by atomic mass is 9.94. The Morgan fingerprint density at radius 3 is 2.63 bits per heavy atom. The van der Waals surface area contributed by atoms with E-state index in [1.54, 1.807) is 4.68 Å². The molecule has 7 nitrogen and oxygen atoms in total. The predicted octanol–water partition coefficient (Wildman–Crippen LogP) is 5.12. The van der Waals surface area contributed by atoms with E-state index in [1.807, 2.05) is 85.8 Å². The maximum absolute atomic E-state index is 13.5. The summed E-state index contributed by atoms with van der Waals surface area (Å²) in [5.74, 6) is 1.01. The third-order valence-corrected chi connectivity index (χ3v) is 6.26. The number of para-hydroxylation sites is 1. The zero-order chi connectivity index (χ0) is 24.2. The first-order valence-corrected chi connectivity index (χ1v) is 11.6. The van der Waals surface area contributed by atoms with Gasteiger partial charge in [0.2, 0.25) is 5.95 Å². The largest absolute Gasteiger partial charge is 0.488 e. The lowest BCUT2D eigenvalue weighted by Crippen LogP contribution is -2.35. The standard InChI is InChI=1S/C27H24ClN5O2/c1-18-24(26(34)29-15-19-9-3-2-4-10-19)25(33-27(32-18)30-17-31-33)21-12-6-8-14-23(21)35-16-20-11-5-7-13-22(20)28/h2-14,17,25H,15-16H2,1H3,(H,29,34)(H,30,31,32)/t25-/m1/s1. The molecule has 3 aromatic carbocycles. The van der Waals surface area contributed by atoms with Crippen molar-refractivity contribution < 1.29 is 9.53 Å². The minimum absolute atomic E-state index is 0.189. The first kappa shape index (κ1) is 22.7. The number of allylic oxidation sites excluding steroid dienone is 1. The lowest BCUT2D eigenvalue weighted by molar-refractivity contribution is -0.118. The van der Waals surface area contributed by atoms with E-state index < -0.39 is 6.04 Å². The van der Waals surface area contributed by atoms with Crippen molar-refractivity contribution >= 4 is 23.5 Å². The molecular weight excluding hydrogens is 462 g/mol. The van der Waals surface area contributed by atoms with E-state index in [0.29, 0.717) is 41.1 Å². The van der Waals surface area contributed by atoms with Crippen LogP contribution in [0.4, 0.5) is 5.95 Å². The highest BCUT2D eigenvalue weighted by Gasteiger charge is 2.35. The number of carbonyl (C=O) groups excluding carboxylic acids is 1. The van der Waals surface area contributed by atoms with E-state index in [2.05, 4.69) is 20.7 Å². The normalized spacial score (nSPS) is 14.7. The number of fused-ring (bicyclic) bond motifs is 1. The number of benzene rings is 3. The number of rotatable bonds is 7. The number of hydrogen-bond donors (Lipinski definition) is 2. The number of carbonyl (C=O) groups is 1. The van der Waals surface area contributed by atoms with Crippen LogP contribution in [-0.4, -0.2) is 20.7 Å². The van der Waals surface area contributed by atoms with Gasteiger partial charge < -0.3 is 15.4 Å². The number of amides is 1. The maximum atomic E-state index is 13.5. The van der Waals surface area contributed by atoms with Crippen molar-refractivity contribution in [3.05, 3.63) is 118 Å². The quantitative estimate of drug-likeness (QED) is 0.380. The topological polar surface area (TPSA) is 81.1 Å². The van der Waals surface area contributed by atoms with Gasteiger partial charge in [0.15, 0.2) is 0 Å². The van der Waals surface area contributed by atoms with E-state index in [1.165, 1.54) is 6.33 Å². The highest BCUT2D eigenvalue weighted by molar-refractivity contribution is 6.31. The van der Waals surface area contributed by atoms with Crippen molar-refractivity contribution in [3.8, 4) is 5.75 Å². The van der Waals surface area contributed by atoms with Crippen LogP contribution >= 0.6 is 11.6 Å². The molecule has 0 saturated heterocycles. The molecular formula is C27H24ClN5O2. The molecule has 0 fully saturated rings. The van der Waals surface area contributed by atoms with Crippen LogP contribution in [0.5, 0.6) is 5.75 Å². The van der Waals surface area contributed by atoms with Gasteiger partial charge in [-0.15, -0.1) is 0 Å². The second-order valence-electron chi connectivity index (χ2n) is 8.18. The van der Waals surface area contributed by atoms with Gasteiger partial charge in [0.1, 0.15) is 24.7 Å². The van der Waals surface area contributed by atoms with Crippen LogP contribution < -0.4 is 15.4 Å². The van der Waals surface area contributed by atoms with Gasteiger partial charge in [0.25, 0.3) is 5.91 Å². The average molecular weight is 486 g/mol. The van der Waals surface area contributed by atoms with Crippen LogP contribution in [0.2, 0.25) is 5.02 Å². The van der Waals surface area contributed by atoms with Crippen molar-refractivity contribution in [2.75, 3.05) is 5.32 Å². The summed E-state index contributed by atoms with van der Waals surface area (Å²) in [6.07, 6.45) is 1.47. The molecule has 0 bridgehead atoms. The summed E-state index contributed by atoms with van der Waals surface area (Å²) in [5.41, 5.74) is 3.96. The second-order valence-corrected chi connectivity index (χ2v) is 8.59. The molecule has 5 rings (SSSR count). The number of halogens is 1. The molecule has 2 heterocycles. The molecule has 1 aliphatic heterocycles. The Morgan fingerprint density at radius 2 is 1.80 bits per heavy atom. The van der Waals surface area contributed by atoms with E-state index in [-0.39, 0.29) is 5.91 Å². The molecule has 1 atom stereocenters. The van der Waals surface area contributed by atoms with Gasteiger partial charge in [-0.25, -0.2) is 4.68 Å². The fourth-order valence-electron chi connectivity index (χ4n) is 4.15. The van der Waals surface area contributed by atoms with Gasteiger partial charge in [-0.2, -0.15) is 10.1 Å². The van der Waals surface area contributed by atoms with Crippen LogP contribution in [0.3, 0.4) is 0 Å². The fourth-order valence-corrected chi connectivity index (χ4v) is 4.35. The highest BCUT2D eigenvalue weighted by Crippen LogP contribution is 2.39. The molecule has 0 saturated carbocycles. The summed E-state index contributed by atoms with van der Waals surface area (Å²) in [7, 11) is 0. The smallest absolute Gasteiger partial charge is 0.251 e. The zero-order valence-electron chi connectivity index (χ0n) is 19.1. The first-order valence-electron chi connectivity index (χ1n) is 11.3. The number of anilines is 1. The lowest BCUT2D eigenvalue weighted by Gasteiger charge is -2.29. The van der Waals surface area contributed by atoms with Gasteiger partial charge >= 0.3 is 0 Å². The van der Waals surface area contributed by atoms with Crippen molar-refractivity contribution in [3.63, 3.8) is 0 Å². The third kappa shape index (κ3) is 4.76. The third-order valence-electron chi connectivity index (χ3n) is 5.89. The minimum Gasteiger partial charge on any atom is -0.488 e. The summed E-state index contributed by atoms with van der Waals surface area (Å²) < 4.78 is 7.93. The molecule has 0 radical (unpaired) electrons. The van der Waals surface area contributed by atoms with Gasteiger partial charge in [-0.1, -0.05) is 78.3 Å². The molecule has 0 aliphatic carbocycles. The summed E-state index contributed by atoms with van der Waals surface area (Å²) >= 11 is 6.33. The van der Waals surface area contributed by atoms with Crippen molar-refractivity contribution in [2.45, 2.75) is 26.1 Å². The Morgan fingerprint density at radius 1 is 1.06 bits per heavy atom. The molecule has 176 valence electrons. The summed E-state index contributed by atoms with van der Waals surface area (Å²) in [6, 6.07) is 24.5. The number of nitrogens with zero attached hydrogens (tertiary/aromatic N) is 3. The molecule has 1 aliphatic rings. The van der Waals surface area contributed by atoms with Gasteiger partial charge in [-0.3, -0.25) is 4.79 Å². The number of ether oxygens (including phenoxy) is 1. The van der Waals surface area contributed by atoms with Crippen LogP contribution in [-0.2, 0) is 17.9 Å². The maximum Gasteiger partial charge on any atom is 0.251 e. The molecule has 4 aromatic rings. The Balaban J connectivity index is 1.48. The first-order chi connectivity index (χ1) is 17.1. The van der Waals surface area contributed by atoms with E-state index in [9.17, 15) is 4.79 Å². The Hall–Kier alpha value is -4.10. The van der Waals surface area contributed by atoms with Crippen LogP contribution in [0.15, 0.2) is 96.5 Å². The monoisotopic (exact) mass is 485 g/mol. The summed E-state index contributed by atoms with van der Waals surface area (Å²) in [4.78, 5) is 17.8. The molecule has 1 aromatic heterocycles. The van der Waals surface area contributed by atoms with E-state index in [4.69, 9.17) is 16.3 Å². The summed E-state index contributed by atoms with van der Waals surface area (Å²) in [6.45, 7) is 2.58. The fraction of sp³-hybridized carbons (Fsp3) is 0.148. The second kappa shape index (κ2) is 10.0. The Labute approximate surface area is 208 Å². The molecule has 35 heavy (non-hydrogen) atoms. The van der Waals surface area contributed by atoms with Crippen molar-refractivity contribution in [1.29, 1.82) is 0 Å². The van der Waals surface area contributed by atoms with Gasteiger partial charge in [-0.05, 0) is 24.6 Å². The molecule has 8 heteroatoms. The molecule has 0 unspecified atom stereocenters. The molecule has 1 amide bonds. The number of hydrogen-bond acceptors (Lipinski definition) is 5. The summed E-state index contributed by atoms with van der Waals surface area (Å²) in [5, 5.41) is 11.3. The number of aromatic nitrogens is 3. The van der Waals surface area contributed by atoms with E-state index in [0.717, 1.165) is 16.7 Å². The van der Waals surface area contributed by atoms with Gasteiger partial charge in [0.05, 0.1) is 5.57 Å². The van der Waals surface area contributed by atoms with Crippen LogP contribution in [0.1, 0.15) is 29.7 Å². The Bertz CT molecular complexity index is 1380. The minimum atomic E-state index is -0.521. The van der Waals surface area contributed by atoms with Gasteiger partial charge in [0, 0.05) is 28.4 Å². The average Bonchev–Trinajstić information content (AvgIpc) is 3.35. The zero-order valence-corrected chi connectivity index (χ0v) is 19.9. The van der Waals surface area contributed by atoms with Crippen molar-refractivity contribution in [2.24, 2.45) is 0 Å².